The Morgan fingerprint density at radius 3 is 2.76 bits per heavy atom. The van der Waals surface area contributed by atoms with E-state index in [0.717, 1.165) is 29.3 Å². The van der Waals surface area contributed by atoms with Crippen LogP contribution in [0.25, 0.3) is 10.9 Å². The Morgan fingerprint density at radius 1 is 1.18 bits per heavy atom. The van der Waals surface area contributed by atoms with Crippen LogP contribution in [0, 0.1) is 6.92 Å². The van der Waals surface area contributed by atoms with Crippen LogP contribution in [0.4, 0.5) is 0 Å². The van der Waals surface area contributed by atoms with Gasteiger partial charge in [-0.05, 0) is 49.6 Å². The number of rotatable bonds is 5. The summed E-state index contributed by atoms with van der Waals surface area (Å²) in [7, 11) is 0. The van der Waals surface area contributed by atoms with E-state index in [9.17, 15) is 14.4 Å². The highest BCUT2D eigenvalue weighted by molar-refractivity contribution is 6.32. The minimum Gasteiger partial charge on any atom is -0.456 e. The molecule has 0 N–H and O–H groups in total. The summed E-state index contributed by atoms with van der Waals surface area (Å²) in [6, 6.07) is 12.0. The lowest BCUT2D eigenvalue weighted by atomic mass is 10.1. The van der Waals surface area contributed by atoms with Gasteiger partial charge in [0, 0.05) is 12.0 Å². The topological polar surface area (TPSA) is 85.8 Å². The fourth-order valence-electron chi connectivity index (χ4n) is 4.31. The van der Waals surface area contributed by atoms with Crippen LogP contribution in [0.3, 0.4) is 0 Å². The molecule has 2 amide bonds. The van der Waals surface area contributed by atoms with Crippen molar-refractivity contribution in [1.29, 1.82) is 0 Å². The monoisotopic (exact) mass is 464 g/mol. The highest BCUT2D eigenvalue weighted by Crippen LogP contribution is 2.29. The smallest absolute Gasteiger partial charge is 0.338 e. The molecule has 1 unspecified atom stereocenters. The van der Waals surface area contributed by atoms with Crippen LogP contribution in [0.5, 0.6) is 0 Å². The molecule has 1 atom stereocenters. The number of benzene rings is 2. The number of para-hydroxylation sites is 1. The number of aromatic nitrogens is 1. The summed E-state index contributed by atoms with van der Waals surface area (Å²) in [5, 5.41) is 1.38. The van der Waals surface area contributed by atoms with Gasteiger partial charge in [-0.25, -0.2) is 9.78 Å². The molecule has 0 radical (unpaired) electrons. The molecule has 1 aromatic heterocycles. The molecule has 7 nitrogen and oxygen atoms in total. The third-order valence-corrected chi connectivity index (χ3v) is 6.60. The Labute approximate surface area is 195 Å². The Morgan fingerprint density at radius 2 is 1.97 bits per heavy atom. The molecule has 33 heavy (non-hydrogen) atoms. The number of fused-ring (bicyclic) bond motifs is 2. The van der Waals surface area contributed by atoms with E-state index in [0.29, 0.717) is 17.3 Å². The van der Waals surface area contributed by atoms with Crippen LogP contribution in [-0.4, -0.2) is 46.9 Å². The average molecular weight is 465 g/mol. The predicted molar refractivity (Wildman–Crippen MR) is 121 cm³/mol. The number of pyridine rings is 1. The fraction of sp³-hybridized carbons (Fsp3) is 0.280. The molecule has 0 bridgehead atoms. The van der Waals surface area contributed by atoms with Crippen LogP contribution >= 0.6 is 11.6 Å². The van der Waals surface area contributed by atoms with Gasteiger partial charge >= 0.3 is 5.97 Å². The van der Waals surface area contributed by atoms with E-state index in [1.54, 1.807) is 0 Å². The van der Waals surface area contributed by atoms with Gasteiger partial charge in [0.1, 0.15) is 6.61 Å². The Balaban J connectivity index is 1.33. The molecule has 5 rings (SSSR count). The zero-order chi connectivity index (χ0) is 23.1. The first kappa shape index (κ1) is 21.6. The van der Waals surface area contributed by atoms with Gasteiger partial charge in [0.05, 0.1) is 45.6 Å². The maximum Gasteiger partial charge on any atom is 0.338 e. The maximum atomic E-state index is 12.8. The molecule has 2 aromatic carbocycles. The standard InChI is InChI=1S/C25H21ClN2O5/c1-14-17-6-2-3-7-20(17)27-21(22(14)26)13-33-25(31)15-8-9-18-19(11-15)24(30)28(23(18)29)12-16-5-4-10-32-16/h2-3,6-9,11,16H,4-5,10,12-13H2,1H3. The van der Waals surface area contributed by atoms with Crippen LogP contribution < -0.4 is 0 Å². The number of hydrogen-bond donors (Lipinski definition) is 0. The Hall–Kier alpha value is -3.29. The maximum absolute atomic E-state index is 12.8. The summed E-state index contributed by atoms with van der Waals surface area (Å²) in [4.78, 5) is 43.9. The lowest BCUT2D eigenvalue weighted by molar-refractivity contribution is 0.0466. The second kappa shape index (κ2) is 8.57. The van der Waals surface area contributed by atoms with Gasteiger partial charge in [-0.3, -0.25) is 14.5 Å². The number of aryl methyl sites for hydroxylation is 1. The summed E-state index contributed by atoms with van der Waals surface area (Å²) in [6.45, 7) is 2.64. The van der Waals surface area contributed by atoms with E-state index in [2.05, 4.69) is 4.98 Å². The molecular weight excluding hydrogens is 444 g/mol. The third kappa shape index (κ3) is 3.87. The number of ether oxygens (including phenoxy) is 2. The largest absolute Gasteiger partial charge is 0.456 e. The first-order valence-electron chi connectivity index (χ1n) is 10.8. The second-order valence-electron chi connectivity index (χ2n) is 8.21. The predicted octanol–water partition coefficient (Wildman–Crippen LogP) is 4.33. The molecule has 3 aromatic rings. The minimum atomic E-state index is -0.626. The van der Waals surface area contributed by atoms with E-state index in [1.165, 1.54) is 23.1 Å². The van der Waals surface area contributed by atoms with Gasteiger partial charge in [-0.2, -0.15) is 0 Å². The quantitative estimate of drug-likeness (QED) is 0.412. The lowest BCUT2D eigenvalue weighted by Gasteiger charge is -2.17. The first-order valence-corrected chi connectivity index (χ1v) is 11.1. The summed E-state index contributed by atoms with van der Waals surface area (Å²) in [5.41, 5.74) is 2.74. The first-order chi connectivity index (χ1) is 15.9. The Bertz CT molecular complexity index is 1300. The molecule has 1 saturated heterocycles. The van der Waals surface area contributed by atoms with Crippen molar-refractivity contribution in [3.63, 3.8) is 0 Å². The van der Waals surface area contributed by atoms with Gasteiger partial charge < -0.3 is 9.47 Å². The number of hydrogen-bond acceptors (Lipinski definition) is 6. The number of esters is 1. The number of halogens is 1. The van der Waals surface area contributed by atoms with Gasteiger partial charge in [-0.1, -0.05) is 29.8 Å². The van der Waals surface area contributed by atoms with E-state index in [4.69, 9.17) is 21.1 Å². The van der Waals surface area contributed by atoms with Gasteiger partial charge in [0.25, 0.3) is 11.8 Å². The van der Waals surface area contributed by atoms with E-state index in [1.807, 2.05) is 31.2 Å². The van der Waals surface area contributed by atoms with Crippen molar-refractivity contribution in [2.45, 2.75) is 32.5 Å². The molecule has 2 aliphatic rings. The summed E-state index contributed by atoms with van der Waals surface area (Å²) < 4.78 is 11.0. The molecule has 168 valence electrons. The van der Waals surface area contributed by atoms with Crippen molar-refractivity contribution in [1.82, 2.24) is 9.88 Å². The van der Waals surface area contributed by atoms with Crippen molar-refractivity contribution < 1.29 is 23.9 Å². The van der Waals surface area contributed by atoms with E-state index < -0.39 is 11.9 Å². The highest BCUT2D eigenvalue weighted by Gasteiger charge is 2.38. The number of carbonyl (C=O) groups is 3. The van der Waals surface area contributed by atoms with Crippen molar-refractivity contribution in [3.8, 4) is 0 Å². The van der Waals surface area contributed by atoms with Crippen LogP contribution in [0.1, 0.15) is 55.2 Å². The normalized spacial score (nSPS) is 17.6. The molecular formula is C25H21ClN2O5. The van der Waals surface area contributed by atoms with Crippen molar-refractivity contribution in [2.75, 3.05) is 13.2 Å². The SMILES string of the molecule is Cc1c(Cl)c(COC(=O)c2ccc3c(c2)C(=O)N(CC2CCCO2)C3=O)nc2ccccc12. The molecule has 3 heterocycles. The van der Waals surface area contributed by atoms with Gasteiger partial charge in [0.15, 0.2) is 0 Å². The van der Waals surface area contributed by atoms with E-state index in [-0.39, 0.29) is 41.9 Å². The molecule has 0 aliphatic carbocycles. The zero-order valence-electron chi connectivity index (χ0n) is 18.0. The second-order valence-corrected chi connectivity index (χ2v) is 8.59. The van der Waals surface area contributed by atoms with E-state index >= 15 is 0 Å². The number of carbonyl (C=O) groups excluding carboxylic acids is 3. The zero-order valence-corrected chi connectivity index (χ0v) is 18.7. The lowest BCUT2D eigenvalue weighted by Crippen LogP contribution is -2.36. The number of imide groups is 1. The van der Waals surface area contributed by atoms with Crippen LogP contribution in [-0.2, 0) is 16.1 Å². The highest BCUT2D eigenvalue weighted by atomic mass is 35.5. The summed E-state index contributed by atoms with van der Waals surface area (Å²) in [6.07, 6.45) is 1.59. The molecule has 2 aliphatic heterocycles. The summed E-state index contributed by atoms with van der Waals surface area (Å²) in [5.74, 6) is -1.41. The minimum absolute atomic E-state index is 0.113. The average Bonchev–Trinajstić information content (AvgIpc) is 3.43. The summed E-state index contributed by atoms with van der Waals surface area (Å²) >= 11 is 6.45. The van der Waals surface area contributed by atoms with Crippen LogP contribution in [0.2, 0.25) is 5.02 Å². The van der Waals surface area contributed by atoms with Gasteiger partial charge in [0.2, 0.25) is 0 Å². The number of nitrogens with zero attached hydrogens (tertiary/aromatic N) is 2. The molecule has 1 fully saturated rings. The van der Waals surface area contributed by atoms with Crippen molar-refractivity contribution in [2.24, 2.45) is 0 Å². The molecule has 8 heteroatoms. The Kier molecular flexibility index (Phi) is 5.60. The van der Waals surface area contributed by atoms with Gasteiger partial charge in [-0.15, -0.1) is 0 Å². The molecule has 0 saturated carbocycles. The van der Waals surface area contributed by atoms with Crippen molar-refractivity contribution in [3.05, 3.63) is 75.4 Å². The molecule has 0 spiro atoms. The van der Waals surface area contributed by atoms with Crippen LogP contribution in [0.15, 0.2) is 42.5 Å². The van der Waals surface area contributed by atoms with Crippen molar-refractivity contribution >= 4 is 40.3 Å². The number of amides is 2. The third-order valence-electron chi connectivity index (χ3n) is 6.10. The fourth-order valence-corrected chi connectivity index (χ4v) is 4.50.